The third-order valence-electron chi connectivity index (χ3n) is 2.16. The Hall–Kier alpha value is -2.10. The van der Waals surface area contributed by atoms with E-state index in [0.717, 1.165) is 11.0 Å². The molecule has 2 rings (SSSR count). The molecule has 4 heteroatoms. The lowest BCUT2D eigenvalue weighted by molar-refractivity contribution is -0.118. The Labute approximate surface area is 92.9 Å². The normalized spacial score (nSPS) is 11.8. The summed E-state index contributed by atoms with van der Waals surface area (Å²) >= 11 is 0. The lowest BCUT2D eigenvalue weighted by Gasteiger charge is -1.95. The van der Waals surface area contributed by atoms with Crippen LogP contribution < -0.4 is 5.43 Å². The van der Waals surface area contributed by atoms with Crippen molar-refractivity contribution in [2.24, 2.45) is 5.10 Å². The number of fused-ring (bicyclic) bond motifs is 1. The van der Waals surface area contributed by atoms with Crippen molar-refractivity contribution in [3.05, 3.63) is 36.1 Å². The van der Waals surface area contributed by atoms with Crippen LogP contribution in [-0.4, -0.2) is 11.6 Å². The van der Waals surface area contributed by atoms with Gasteiger partial charge >= 0.3 is 0 Å². The first kappa shape index (κ1) is 10.4. The zero-order chi connectivity index (χ0) is 11.5. The fraction of sp³-hybridized carbons (Fsp3) is 0.167. The van der Waals surface area contributed by atoms with Crippen LogP contribution in [0.5, 0.6) is 0 Å². The topological polar surface area (TPSA) is 54.6 Å². The number of benzene rings is 1. The highest BCUT2D eigenvalue weighted by Gasteiger charge is 2.05. The van der Waals surface area contributed by atoms with Gasteiger partial charge in [0.15, 0.2) is 5.76 Å². The molecule has 0 aliphatic heterocycles. The van der Waals surface area contributed by atoms with E-state index < -0.39 is 0 Å². The van der Waals surface area contributed by atoms with Gasteiger partial charge in [0.25, 0.3) is 0 Å². The molecule has 0 saturated heterocycles. The third-order valence-corrected chi connectivity index (χ3v) is 2.16. The lowest BCUT2D eigenvalue weighted by atomic mass is 10.2. The van der Waals surface area contributed by atoms with Crippen molar-refractivity contribution in [1.82, 2.24) is 5.43 Å². The van der Waals surface area contributed by atoms with E-state index in [0.29, 0.717) is 11.5 Å². The Kier molecular flexibility index (Phi) is 2.72. The van der Waals surface area contributed by atoms with Gasteiger partial charge in [-0.2, -0.15) is 5.10 Å². The van der Waals surface area contributed by atoms with Gasteiger partial charge in [-0.1, -0.05) is 18.2 Å². The van der Waals surface area contributed by atoms with Crippen molar-refractivity contribution < 1.29 is 9.21 Å². The number of nitrogens with zero attached hydrogens (tertiary/aromatic N) is 1. The van der Waals surface area contributed by atoms with Gasteiger partial charge in [-0.25, -0.2) is 5.43 Å². The van der Waals surface area contributed by atoms with Gasteiger partial charge in [-0.3, -0.25) is 4.79 Å². The summed E-state index contributed by atoms with van der Waals surface area (Å²) in [7, 11) is 0. The molecule has 0 aliphatic rings. The van der Waals surface area contributed by atoms with E-state index in [4.69, 9.17) is 4.42 Å². The molecule has 1 heterocycles. The number of carbonyl (C=O) groups is 1. The predicted molar refractivity (Wildman–Crippen MR) is 62.2 cm³/mol. The van der Waals surface area contributed by atoms with Crippen LogP contribution in [0.1, 0.15) is 19.6 Å². The highest BCUT2D eigenvalue weighted by Crippen LogP contribution is 2.19. The van der Waals surface area contributed by atoms with Crippen molar-refractivity contribution in [3.8, 4) is 0 Å². The van der Waals surface area contributed by atoms with Gasteiger partial charge in [0.05, 0.1) is 0 Å². The van der Waals surface area contributed by atoms with Gasteiger partial charge in [-0.05, 0) is 19.1 Å². The highest BCUT2D eigenvalue weighted by molar-refractivity contribution is 6.00. The SMILES string of the molecule is CC(=O)N/N=C(/C)c1cc2ccccc2o1. The van der Waals surface area contributed by atoms with Crippen molar-refractivity contribution in [1.29, 1.82) is 0 Å². The zero-order valence-corrected chi connectivity index (χ0v) is 9.15. The maximum Gasteiger partial charge on any atom is 0.236 e. The molecular formula is C12H12N2O2. The first-order valence-corrected chi connectivity index (χ1v) is 4.96. The van der Waals surface area contributed by atoms with Crippen molar-refractivity contribution in [3.63, 3.8) is 0 Å². The first-order valence-electron chi connectivity index (χ1n) is 4.96. The molecule has 0 spiro atoms. The van der Waals surface area contributed by atoms with E-state index in [1.165, 1.54) is 6.92 Å². The molecule has 1 amide bonds. The Balaban J connectivity index is 2.33. The molecule has 0 atom stereocenters. The van der Waals surface area contributed by atoms with Crippen LogP contribution in [-0.2, 0) is 4.79 Å². The van der Waals surface area contributed by atoms with Crippen molar-refractivity contribution >= 4 is 22.6 Å². The molecule has 1 N–H and O–H groups in total. The molecule has 2 aromatic rings. The number of carbonyl (C=O) groups excluding carboxylic acids is 1. The third kappa shape index (κ3) is 2.11. The Morgan fingerprint density at radius 2 is 2.06 bits per heavy atom. The van der Waals surface area contributed by atoms with E-state index >= 15 is 0 Å². The first-order chi connectivity index (χ1) is 7.66. The molecule has 0 bridgehead atoms. The highest BCUT2D eigenvalue weighted by atomic mass is 16.3. The van der Waals surface area contributed by atoms with Gasteiger partial charge in [-0.15, -0.1) is 0 Å². The molecule has 1 aromatic carbocycles. The summed E-state index contributed by atoms with van der Waals surface area (Å²) in [4.78, 5) is 10.7. The molecule has 0 radical (unpaired) electrons. The van der Waals surface area contributed by atoms with Crippen LogP contribution >= 0.6 is 0 Å². The molecule has 0 saturated carbocycles. The second-order valence-corrected chi connectivity index (χ2v) is 3.51. The molecular weight excluding hydrogens is 204 g/mol. The summed E-state index contributed by atoms with van der Waals surface area (Å²) in [5.74, 6) is 0.463. The maximum atomic E-state index is 10.7. The summed E-state index contributed by atoms with van der Waals surface area (Å²) < 4.78 is 5.58. The average Bonchev–Trinajstić information content (AvgIpc) is 2.69. The standard InChI is InChI=1S/C12H12N2O2/c1-8(13-14-9(2)15)12-7-10-5-3-4-6-11(10)16-12/h3-7H,1-2H3,(H,14,15)/b13-8-. The minimum absolute atomic E-state index is 0.199. The van der Waals surface area contributed by atoms with Crippen LogP contribution in [0.25, 0.3) is 11.0 Å². The van der Waals surface area contributed by atoms with E-state index in [2.05, 4.69) is 10.5 Å². The van der Waals surface area contributed by atoms with Crippen LogP contribution in [0.4, 0.5) is 0 Å². The molecule has 0 fully saturated rings. The van der Waals surface area contributed by atoms with Crippen LogP contribution in [0.3, 0.4) is 0 Å². The molecule has 4 nitrogen and oxygen atoms in total. The number of nitrogens with one attached hydrogen (secondary N) is 1. The summed E-state index contributed by atoms with van der Waals surface area (Å²) in [6.07, 6.45) is 0. The molecule has 82 valence electrons. The Morgan fingerprint density at radius 1 is 1.31 bits per heavy atom. The minimum Gasteiger partial charge on any atom is -0.455 e. The summed E-state index contributed by atoms with van der Waals surface area (Å²) in [6.45, 7) is 3.20. The molecule has 0 unspecified atom stereocenters. The van der Waals surface area contributed by atoms with Crippen LogP contribution in [0.2, 0.25) is 0 Å². The number of hydrogen-bond acceptors (Lipinski definition) is 3. The second kappa shape index (κ2) is 4.18. The number of rotatable bonds is 2. The van der Waals surface area contributed by atoms with E-state index in [1.54, 1.807) is 6.92 Å². The molecule has 16 heavy (non-hydrogen) atoms. The van der Waals surface area contributed by atoms with Crippen molar-refractivity contribution in [2.75, 3.05) is 0 Å². The molecule has 0 aliphatic carbocycles. The summed E-state index contributed by atoms with van der Waals surface area (Å²) in [5.41, 5.74) is 3.84. The molecule has 1 aromatic heterocycles. The monoisotopic (exact) mass is 216 g/mol. The van der Waals surface area contributed by atoms with Crippen LogP contribution in [0, 0.1) is 0 Å². The van der Waals surface area contributed by atoms with E-state index in [-0.39, 0.29) is 5.91 Å². The fourth-order valence-corrected chi connectivity index (χ4v) is 1.38. The van der Waals surface area contributed by atoms with Gasteiger partial charge in [0.2, 0.25) is 5.91 Å². The van der Waals surface area contributed by atoms with Gasteiger partial charge < -0.3 is 4.42 Å². The average molecular weight is 216 g/mol. The largest absolute Gasteiger partial charge is 0.455 e. The number of hydrogen-bond donors (Lipinski definition) is 1. The lowest BCUT2D eigenvalue weighted by Crippen LogP contribution is -2.14. The Bertz CT molecular complexity index is 522. The fourth-order valence-electron chi connectivity index (χ4n) is 1.38. The van der Waals surface area contributed by atoms with E-state index in [1.807, 2.05) is 30.3 Å². The predicted octanol–water partition coefficient (Wildman–Crippen LogP) is 2.29. The minimum atomic E-state index is -0.199. The quantitative estimate of drug-likeness (QED) is 0.618. The van der Waals surface area contributed by atoms with Gasteiger partial charge in [0, 0.05) is 12.3 Å². The number of hydrazone groups is 1. The summed E-state index contributed by atoms with van der Waals surface area (Å²) in [6, 6.07) is 9.62. The maximum absolute atomic E-state index is 10.7. The number of para-hydroxylation sites is 1. The van der Waals surface area contributed by atoms with E-state index in [9.17, 15) is 4.79 Å². The van der Waals surface area contributed by atoms with Crippen LogP contribution in [0.15, 0.2) is 39.9 Å². The Morgan fingerprint density at radius 3 is 2.75 bits per heavy atom. The number of furan rings is 1. The van der Waals surface area contributed by atoms with Crippen molar-refractivity contribution in [2.45, 2.75) is 13.8 Å². The zero-order valence-electron chi connectivity index (χ0n) is 9.15. The summed E-state index contributed by atoms with van der Waals surface area (Å²) in [5, 5.41) is 4.94. The van der Waals surface area contributed by atoms with Gasteiger partial charge in [0.1, 0.15) is 11.3 Å². The number of amides is 1. The second-order valence-electron chi connectivity index (χ2n) is 3.51. The smallest absolute Gasteiger partial charge is 0.236 e.